The van der Waals surface area contributed by atoms with Gasteiger partial charge in [-0.15, -0.1) is 0 Å². The number of rotatable bonds is 2. The van der Waals surface area contributed by atoms with Gasteiger partial charge in [0.1, 0.15) is 0 Å². The van der Waals surface area contributed by atoms with Gasteiger partial charge in [0.25, 0.3) is 0 Å². The number of nitrogens with two attached hydrogens (primary N) is 1. The summed E-state index contributed by atoms with van der Waals surface area (Å²) in [5.74, 6) is 0. The van der Waals surface area contributed by atoms with Crippen molar-refractivity contribution < 1.29 is 4.74 Å². The molecule has 0 aromatic heterocycles. The Morgan fingerprint density at radius 2 is 1.95 bits per heavy atom. The Bertz CT molecular complexity index is 299. The monoisotopic (exact) mass is 266 g/mol. The Morgan fingerprint density at radius 3 is 2.68 bits per heavy atom. The van der Waals surface area contributed by atoms with Gasteiger partial charge in [0.15, 0.2) is 0 Å². The van der Waals surface area contributed by atoms with E-state index in [1.165, 1.54) is 64.3 Å². The third-order valence-corrected chi connectivity index (χ3v) is 5.65. The summed E-state index contributed by atoms with van der Waals surface area (Å²) in [5.41, 5.74) is 6.48. The summed E-state index contributed by atoms with van der Waals surface area (Å²) in [7, 11) is 0. The minimum atomic E-state index is 0.239. The van der Waals surface area contributed by atoms with E-state index in [-0.39, 0.29) is 5.60 Å². The quantitative estimate of drug-likeness (QED) is 0.835. The van der Waals surface area contributed by atoms with E-state index in [9.17, 15) is 0 Å². The standard InChI is InChI=1S/C16H30N2O/c1-13(17)15-6-2-5-10-18(15)14-7-11-19-16(12-14)8-3-4-9-16/h13-15H,2-12,17H2,1H3. The van der Waals surface area contributed by atoms with Crippen LogP contribution < -0.4 is 5.73 Å². The summed E-state index contributed by atoms with van der Waals surface area (Å²) >= 11 is 0. The molecule has 2 saturated heterocycles. The van der Waals surface area contributed by atoms with E-state index >= 15 is 0 Å². The van der Waals surface area contributed by atoms with Crippen molar-refractivity contribution in [3.63, 3.8) is 0 Å². The van der Waals surface area contributed by atoms with Crippen LogP contribution in [0.1, 0.15) is 64.7 Å². The van der Waals surface area contributed by atoms with Crippen molar-refractivity contribution in [2.24, 2.45) is 5.73 Å². The second-order valence-electron chi connectivity index (χ2n) is 7.05. The highest BCUT2D eigenvalue weighted by Crippen LogP contribution is 2.42. The lowest BCUT2D eigenvalue weighted by atomic mass is 9.85. The molecule has 0 radical (unpaired) electrons. The van der Waals surface area contributed by atoms with E-state index in [0.717, 1.165) is 12.6 Å². The van der Waals surface area contributed by atoms with Gasteiger partial charge >= 0.3 is 0 Å². The molecular formula is C16H30N2O. The van der Waals surface area contributed by atoms with Crippen LogP contribution in [-0.2, 0) is 4.74 Å². The van der Waals surface area contributed by atoms with Crippen molar-refractivity contribution in [2.45, 2.75) is 88.4 Å². The number of hydrogen-bond donors (Lipinski definition) is 1. The Balaban J connectivity index is 1.69. The first-order valence-electron chi connectivity index (χ1n) is 8.35. The van der Waals surface area contributed by atoms with Crippen molar-refractivity contribution in [3.8, 4) is 0 Å². The lowest BCUT2D eigenvalue weighted by Crippen LogP contribution is -2.57. The molecule has 110 valence electrons. The topological polar surface area (TPSA) is 38.5 Å². The summed E-state index contributed by atoms with van der Waals surface area (Å²) in [6.45, 7) is 4.41. The molecule has 3 rings (SSSR count). The first-order chi connectivity index (χ1) is 9.20. The molecule has 0 bridgehead atoms. The largest absolute Gasteiger partial charge is 0.375 e. The predicted octanol–water partition coefficient (Wildman–Crippen LogP) is 2.68. The molecule has 2 heterocycles. The molecule has 2 aliphatic heterocycles. The third kappa shape index (κ3) is 2.84. The highest BCUT2D eigenvalue weighted by molar-refractivity contribution is 4.97. The van der Waals surface area contributed by atoms with Crippen molar-refractivity contribution >= 4 is 0 Å². The lowest BCUT2D eigenvalue weighted by Gasteiger charge is -2.48. The zero-order valence-corrected chi connectivity index (χ0v) is 12.4. The summed E-state index contributed by atoms with van der Waals surface area (Å²) < 4.78 is 6.19. The molecule has 1 aliphatic carbocycles. The van der Waals surface area contributed by atoms with Gasteiger partial charge in [-0.05, 0) is 52.0 Å². The van der Waals surface area contributed by atoms with Crippen LogP contribution in [-0.4, -0.2) is 41.8 Å². The minimum Gasteiger partial charge on any atom is -0.375 e. The van der Waals surface area contributed by atoms with Gasteiger partial charge < -0.3 is 10.5 Å². The summed E-state index contributed by atoms with van der Waals surface area (Å²) in [6, 6.07) is 1.64. The van der Waals surface area contributed by atoms with Gasteiger partial charge in [0.2, 0.25) is 0 Å². The van der Waals surface area contributed by atoms with Crippen LogP contribution in [0.15, 0.2) is 0 Å². The van der Waals surface area contributed by atoms with E-state index in [4.69, 9.17) is 10.5 Å². The Hall–Kier alpha value is -0.120. The van der Waals surface area contributed by atoms with Crippen LogP contribution in [0.4, 0.5) is 0 Å². The van der Waals surface area contributed by atoms with Gasteiger partial charge in [-0.25, -0.2) is 0 Å². The second kappa shape index (κ2) is 5.71. The molecule has 1 saturated carbocycles. The van der Waals surface area contributed by atoms with Crippen molar-refractivity contribution in [1.82, 2.24) is 4.90 Å². The SMILES string of the molecule is CC(N)C1CCCCN1C1CCOC2(CCCC2)C1. The molecule has 19 heavy (non-hydrogen) atoms. The fourth-order valence-electron chi connectivity index (χ4n) is 4.65. The van der Waals surface area contributed by atoms with Crippen molar-refractivity contribution in [3.05, 3.63) is 0 Å². The van der Waals surface area contributed by atoms with Gasteiger partial charge in [-0.1, -0.05) is 19.3 Å². The highest BCUT2D eigenvalue weighted by Gasteiger charge is 2.43. The molecule has 0 aromatic rings. The number of nitrogens with zero attached hydrogens (tertiary/aromatic N) is 1. The average Bonchev–Trinajstić information content (AvgIpc) is 2.86. The normalized spacial score (nSPS) is 37.6. The van der Waals surface area contributed by atoms with E-state index in [1.807, 2.05) is 0 Å². The fourth-order valence-corrected chi connectivity index (χ4v) is 4.65. The molecular weight excluding hydrogens is 236 g/mol. The van der Waals surface area contributed by atoms with Crippen LogP contribution in [0.3, 0.4) is 0 Å². The van der Waals surface area contributed by atoms with E-state index in [0.29, 0.717) is 12.1 Å². The second-order valence-corrected chi connectivity index (χ2v) is 7.05. The molecule has 0 aromatic carbocycles. The zero-order chi connectivity index (χ0) is 13.3. The maximum atomic E-state index is 6.24. The maximum Gasteiger partial charge on any atom is 0.0697 e. The molecule has 3 atom stereocenters. The summed E-state index contributed by atoms with van der Waals surface area (Å²) in [4.78, 5) is 2.75. The molecule has 0 amide bonds. The van der Waals surface area contributed by atoms with E-state index in [2.05, 4.69) is 11.8 Å². The number of piperidine rings is 1. The number of ether oxygens (including phenoxy) is 1. The molecule has 1 spiro atoms. The minimum absolute atomic E-state index is 0.239. The van der Waals surface area contributed by atoms with Gasteiger partial charge in [-0.3, -0.25) is 4.90 Å². The first-order valence-corrected chi connectivity index (χ1v) is 8.35. The molecule has 3 nitrogen and oxygen atoms in total. The van der Waals surface area contributed by atoms with Gasteiger partial charge in [0.05, 0.1) is 5.60 Å². The molecule has 2 N–H and O–H groups in total. The number of hydrogen-bond acceptors (Lipinski definition) is 3. The van der Waals surface area contributed by atoms with E-state index < -0.39 is 0 Å². The zero-order valence-electron chi connectivity index (χ0n) is 12.4. The first kappa shape index (κ1) is 13.8. The molecule has 3 unspecified atom stereocenters. The van der Waals surface area contributed by atoms with Crippen LogP contribution >= 0.6 is 0 Å². The Labute approximate surface area is 117 Å². The smallest absolute Gasteiger partial charge is 0.0697 e. The van der Waals surface area contributed by atoms with Crippen LogP contribution in [0, 0.1) is 0 Å². The van der Waals surface area contributed by atoms with Gasteiger partial charge in [0, 0.05) is 24.7 Å². The molecule has 3 heteroatoms. The average molecular weight is 266 g/mol. The van der Waals surface area contributed by atoms with Crippen LogP contribution in [0.25, 0.3) is 0 Å². The Kier molecular flexibility index (Phi) is 4.16. The fraction of sp³-hybridized carbons (Fsp3) is 1.00. The predicted molar refractivity (Wildman–Crippen MR) is 78.2 cm³/mol. The van der Waals surface area contributed by atoms with E-state index in [1.54, 1.807) is 0 Å². The van der Waals surface area contributed by atoms with Gasteiger partial charge in [-0.2, -0.15) is 0 Å². The lowest BCUT2D eigenvalue weighted by molar-refractivity contribution is -0.111. The molecule has 3 fully saturated rings. The van der Waals surface area contributed by atoms with Crippen LogP contribution in [0.2, 0.25) is 0 Å². The maximum absolute atomic E-state index is 6.24. The summed E-state index contributed by atoms with van der Waals surface area (Å²) in [6.07, 6.45) is 11.8. The number of likely N-dealkylation sites (tertiary alicyclic amines) is 1. The highest BCUT2D eigenvalue weighted by atomic mass is 16.5. The summed E-state index contributed by atoms with van der Waals surface area (Å²) in [5, 5.41) is 0. The van der Waals surface area contributed by atoms with Crippen molar-refractivity contribution in [1.29, 1.82) is 0 Å². The van der Waals surface area contributed by atoms with Crippen molar-refractivity contribution in [2.75, 3.05) is 13.2 Å². The Morgan fingerprint density at radius 1 is 1.16 bits per heavy atom. The molecule has 3 aliphatic rings. The van der Waals surface area contributed by atoms with Crippen LogP contribution in [0.5, 0.6) is 0 Å². The third-order valence-electron chi connectivity index (χ3n) is 5.65.